The summed E-state index contributed by atoms with van der Waals surface area (Å²) in [5.41, 5.74) is 6.57. The first-order valence-electron chi connectivity index (χ1n) is 6.37. The molecule has 1 aromatic carbocycles. The van der Waals surface area contributed by atoms with Crippen molar-refractivity contribution in [3.63, 3.8) is 0 Å². The van der Waals surface area contributed by atoms with Crippen LogP contribution in [0.2, 0.25) is 0 Å². The SMILES string of the molecule is CCOc1ccccc1C(CC)NC(=O)[C@H](C)N.Cl. The number of benzene rings is 1. The molecule has 5 heteroatoms. The number of carbonyl (C=O) groups excluding carboxylic acids is 1. The van der Waals surface area contributed by atoms with Gasteiger partial charge in [-0.1, -0.05) is 25.1 Å². The van der Waals surface area contributed by atoms with Crippen LogP contribution in [0.5, 0.6) is 5.75 Å². The van der Waals surface area contributed by atoms with Crippen molar-refractivity contribution in [3.8, 4) is 5.75 Å². The number of halogens is 1. The van der Waals surface area contributed by atoms with Crippen LogP contribution in [-0.4, -0.2) is 18.6 Å². The van der Waals surface area contributed by atoms with Crippen LogP contribution in [0, 0.1) is 0 Å². The topological polar surface area (TPSA) is 64.3 Å². The molecule has 1 unspecified atom stereocenters. The van der Waals surface area contributed by atoms with Crippen molar-refractivity contribution in [3.05, 3.63) is 29.8 Å². The molecule has 108 valence electrons. The molecule has 4 nitrogen and oxygen atoms in total. The van der Waals surface area contributed by atoms with Crippen molar-refractivity contribution < 1.29 is 9.53 Å². The van der Waals surface area contributed by atoms with E-state index in [-0.39, 0.29) is 24.4 Å². The molecule has 1 rings (SSSR count). The summed E-state index contributed by atoms with van der Waals surface area (Å²) >= 11 is 0. The first-order chi connectivity index (χ1) is 8.60. The standard InChI is InChI=1S/C14H22N2O2.ClH/c1-4-12(16-14(17)10(3)15)11-8-6-7-9-13(11)18-5-2;/h6-10,12H,4-5,15H2,1-3H3,(H,16,17);1H/t10-,12?;/m0./s1. The highest BCUT2D eigenvalue weighted by atomic mass is 35.5. The van der Waals surface area contributed by atoms with Crippen LogP contribution in [-0.2, 0) is 4.79 Å². The largest absolute Gasteiger partial charge is 0.494 e. The van der Waals surface area contributed by atoms with Crippen LogP contribution in [0.3, 0.4) is 0 Å². The van der Waals surface area contributed by atoms with Gasteiger partial charge in [-0.25, -0.2) is 0 Å². The number of nitrogens with two attached hydrogens (primary N) is 1. The summed E-state index contributed by atoms with van der Waals surface area (Å²) in [7, 11) is 0. The van der Waals surface area contributed by atoms with E-state index in [0.717, 1.165) is 17.7 Å². The van der Waals surface area contributed by atoms with Gasteiger partial charge in [0.15, 0.2) is 0 Å². The zero-order chi connectivity index (χ0) is 13.5. The molecule has 3 N–H and O–H groups in total. The van der Waals surface area contributed by atoms with Crippen LogP contribution < -0.4 is 15.8 Å². The minimum absolute atomic E-state index is 0. The number of rotatable bonds is 6. The van der Waals surface area contributed by atoms with E-state index < -0.39 is 6.04 Å². The molecule has 0 radical (unpaired) electrons. The maximum atomic E-state index is 11.7. The Kier molecular flexibility index (Phi) is 8.19. The molecule has 0 heterocycles. The van der Waals surface area contributed by atoms with Crippen LogP contribution in [0.4, 0.5) is 0 Å². The molecule has 0 saturated heterocycles. The molecular formula is C14H23ClN2O2. The molecule has 0 aliphatic heterocycles. The highest BCUT2D eigenvalue weighted by Gasteiger charge is 2.18. The number of amides is 1. The third kappa shape index (κ3) is 5.09. The molecule has 0 bridgehead atoms. The molecular weight excluding hydrogens is 264 g/mol. The summed E-state index contributed by atoms with van der Waals surface area (Å²) in [6, 6.07) is 7.19. The number of nitrogens with one attached hydrogen (secondary N) is 1. The van der Waals surface area contributed by atoms with Gasteiger partial charge >= 0.3 is 0 Å². The fourth-order valence-corrected chi connectivity index (χ4v) is 1.76. The van der Waals surface area contributed by atoms with Gasteiger partial charge in [0, 0.05) is 5.56 Å². The Bertz CT molecular complexity index is 397. The Morgan fingerprint density at radius 2 is 2.00 bits per heavy atom. The fourth-order valence-electron chi connectivity index (χ4n) is 1.76. The number of para-hydroxylation sites is 1. The average molecular weight is 287 g/mol. The van der Waals surface area contributed by atoms with Gasteiger partial charge in [0.1, 0.15) is 5.75 Å². The Morgan fingerprint density at radius 3 is 2.53 bits per heavy atom. The van der Waals surface area contributed by atoms with Crippen molar-refractivity contribution >= 4 is 18.3 Å². The van der Waals surface area contributed by atoms with Crippen molar-refractivity contribution in [2.75, 3.05) is 6.61 Å². The van der Waals surface area contributed by atoms with Gasteiger partial charge < -0.3 is 15.8 Å². The second kappa shape index (κ2) is 8.77. The first kappa shape index (κ1) is 17.7. The van der Waals surface area contributed by atoms with Crippen molar-refractivity contribution in [1.29, 1.82) is 0 Å². The molecule has 0 aliphatic rings. The quantitative estimate of drug-likeness (QED) is 0.844. The van der Waals surface area contributed by atoms with Crippen molar-refractivity contribution in [2.45, 2.75) is 39.3 Å². The molecule has 0 saturated carbocycles. The van der Waals surface area contributed by atoms with E-state index in [4.69, 9.17) is 10.5 Å². The molecule has 0 spiro atoms. The van der Waals surface area contributed by atoms with Crippen LogP contribution >= 0.6 is 12.4 Å². The van der Waals surface area contributed by atoms with E-state index in [1.807, 2.05) is 38.1 Å². The predicted octanol–water partition coefficient (Wildman–Crippen LogP) is 2.42. The van der Waals surface area contributed by atoms with Gasteiger partial charge in [0.05, 0.1) is 18.7 Å². The van der Waals surface area contributed by atoms with E-state index in [1.54, 1.807) is 6.92 Å². The Morgan fingerprint density at radius 1 is 1.37 bits per heavy atom. The molecule has 19 heavy (non-hydrogen) atoms. The lowest BCUT2D eigenvalue weighted by Crippen LogP contribution is -2.40. The lowest BCUT2D eigenvalue weighted by atomic mass is 10.0. The van der Waals surface area contributed by atoms with Crippen LogP contribution in [0.25, 0.3) is 0 Å². The van der Waals surface area contributed by atoms with Crippen LogP contribution in [0.1, 0.15) is 38.8 Å². The highest BCUT2D eigenvalue weighted by molar-refractivity contribution is 5.85. The minimum Gasteiger partial charge on any atom is -0.494 e. The van der Waals surface area contributed by atoms with Gasteiger partial charge in [-0.05, 0) is 26.3 Å². The number of carbonyl (C=O) groups is 1. The third-order valence-electron chi connectivity index (χ3n) is 2.73. The predicted molar refractivity (Wildman–Crippen MR) is 79.7 cm³/mol. The molecule has 1 aromatic rings. The van der Waals surface area contributed by atoms with Gasteiger partial charge in [-0.15, -0.1) is 12.4 Å². The van der Waals surface area contributed by atoms with Gasteiger partial charge in [0.2, 0.25) is 5.91 Å². The minimum atomic E-state index is -0.502. The Labute approximate surface area is 121 Å². The van der Waals surface area contributed by atoms with Crippen molar-refractivity contribution in [1.82, 2.24) is 5.32 Å². The number of hydrogen-bond donors (Lipinski definition) is 2. The summed E-state index contributed by atoms with van der Waals surface area (Å²) in [5, 5.41) is 2.94. The molecule has 0 aromatic heterocycles. The fraction of sp³-hybridized carbons (Fsp3) is 0.500. The molecule has 0 aliphatic carbocycles. The van der Waals surface area contributed by atoms with Gasteiger partial charge in [-0.3, -0.25) is 4.79 Å². The third-order valence-corrected chi connectivity index (χ3v) is 2.73. The van der Waals surface area contributed by atoms with E-state index in [0.29, 0.717) is 6.61 Å². The number of ether oxygens (including phenoxy) is 1. The average Bonchev–Trinajstić information content (AvgIpc) is 2.37. The summed E-state index contributed by atoms with van der Waals surface area (Å²) in [4.78, 5) is 11.7. The molecule has 2 atom stereocenters. The maximum absolute atomic E-state index is 11.7. The van der Waals surface area contributed by atoms with E-state index in [2.05, 4.69) is 5.32 Å². The maximum Gasteiger partial charge on any atom is 0.237 e. The molecule has 1 amide bonds. The second-order valence-electron chi connectivity index (χ2n) is 4.23. The zero-order valence-corrected chi connectivity index (χ0v) is 12.5. The summed E-state index contributed by atoms with van der Waals surface area (Å²) in [6.07, 6.45) is 0.794. The monoisotopic (exact) mass is 286 g/mol. The lowest BCUT2D eigenvalue weighted by Gasteiger charge is -2.21. The van der Waals surface area contributed by atoms with Crippen LogP contribution in [0.15, 0.2) is 24.3 Å². The zero-order valence-electron chi connectivity index (χ0n) is 11.7. The van der Waals surface area contributed by atoms with Gasteiger partial charge in [-0.2, -0.15) is 0 Å². The highest BCUT2D eigenvalue weighted by Crippen LogP contribution is 2.27. The smallest absolute Gasteiger partial charge is 0.237 e. The summed E-state index contributed by atoms with van der Waals surface area (Å²) < 4.78 is 5.58. The Hall–Kier alpha value is -1.26. The lowest BCUT2D eigenvalue weighted by molar-refractivity contribution is -0.122. The van der Waals surface area contributed by atoms with E-state index >= 15 is 0 Å². The second-order valence-corrected chi connectivity index (χ2v) is 4.23. The van der Waals surface area contributed by atoms with Gasteiger partial charge in [0.25, 0.3) is 0 Å². The molecule has 0 fully saturated rings. The summed E-state index contributed by atoms with van der Waals surface area (Å²) in [6.45, 7) is 6.25. The number of hydrogen-bond acceptors (Lipinski definition) is 3. The first-order valence-corrected chi connectivity index (χ1v) is 6.37. The van der Waals surface area contributed by atoms with Crippen molar-refractivity contribution in [2.24, 2.45) is 5.73 Å². The summed E-state index contributed by atoms with van der Waals surface area (Å²) in [5.74, 6) is 0.671. The van der Waals surface area contributed by atoms with E-state index in [9.17, 15) is 4.79 Å². The van der Waals surface area contributed by atoms with E-state index in [1.165, 1.54) is 0 Å². The Balaban J connectivity index is 0.00000324. The normalized spacial score (nSPS) is 13.1.